The fraction of sp³-hybridized carbons (Fsp3) is 0.450. The summed E-state index contributed by atoms with van der Waals surface area (Å²) >= 11 is 6.19. The van der Waals surface area contributed by atoms with Crippen LogP contribution in [0, 0.1) is 12.8 Å². The Labute approximate surface area is 178 Å². The van der Waals surface area contributed by atoms with E-state index in [0.29, 0.717) is 47.8 Å². The largest absolute Gasteiger partial charge is 0.465 e. The van der Waals surface area contributed by atoms with Crippen molar-refractivity contribution < 1.29 is 23.9 Å². The average molecular weight is 435 g/mol. The maximum absolute atomic E-state index is 12.5. The van der Waals surface area contributed by atoms with Gasteiger partial charge in [0.25, 0.3) is 0 Å². The van der Waals surface area contributed by atoms with E-state index in [1.165, 1.54) is 14.0 Å². The first-order valence-corrected chi connectivity index (χ1v) is 9.95. The topological polar surface area (TPSA) is 120 Å². The number of carbonyl (C=O) groups excluding carboxylic acids is 3. The van der Waals surface area contributed by atoms with Crippen molar-refractivity contribution in [1.82, 2.24) is 15.4 Å². The van der Waals surface area contributed by atoms with E-state index < -0.39 is 5.97 Å². The van der Waals surface area contributed by atoms with Crippen molar-refractivity contribution >= 4 is 46.3 Å². The number of halogens is 1. The first-order chi connectivity index (χ1) is 14.3. The number of ether oxygens (including phenoxy) is 2. The minimum absolute atomic E-state index is 0.0565. The monoisotopic (exact) mass is 434 g/mol. The van der Waals surface area contributed by atoms with Crippen LogP contribution in [0.4, 0.5) is 5.82 Å². The first kappa shape index (κ1) is 21.8. The smallest absolute Gasteiger partial charge is 0.338 e. The molecule has 0 spiro atoms. The second kappa shape index (κ2) is 9.25. The third kappa shape index (κ3) is 4.96. The number of rotatable bonds is 5. The zero-order valence-electron chi connectivity index (χ0n) is 17.0. The number of aryl methyl sites for hydroxylation is 1. The molecule has 0 unspecified atom stereocenters. The lowest BCUT2D eigenvalue weighted by Crippen LogP contribution is -2.38. The molecule has 1 heterocycles. The van der Waals surface area contributed by atoms with E-state index in [-0.39, 0.29) is 34.9 Å². The molecule has 3 rings (SSSR count). The fourth-order valence-electron chi connectivity index (χ4n) is 3.50. The van der Waals surface area contributed by atoms with Crippen LogP contribution in [0.5, 0.6) is 0 Å². The van der Waals surface area contributed by atoms with Gasteiger partial charge in [0.2, 0.25) is 5.91 Å². The van der Waals surface area contributed by atoms with E-state index >= 15 is 0 Å². The van der Waals surface area contributed by atoms with Crippen LogP contribution in [0.25, 0.3) is 11.0 Å². The molecule has 0 radical (unpaired) electrons. The van der Waals surface area contributed by atoms with Crippen LogP contribution in [0.3, 0.4) is 0 Å². The second-order valence-corrected chi connectivity index (χ2v) is 7.57. The zero-order valence-corrected chi connectivity index (χ0v) is 17.7. The molecular formula is C20H23ClN4O5. The van der Waals surface area contributed by atoms with Gasteiger partial charge in [-0.2, -0.15) is 0 Å². The van der Waals surface area contributed by atoms with Crippen molar-refractivity contribution in [3.8, 4) is 0 Å². The highest BCUT2D eigenvalue weighted by molar-refractivity contribution is 6.32. The summed E-state index contributed by atoms with van der Waals surface area (Å²) in [6.45, 7) is 3.15. The van der Waals surface area contributed by atoms with Crippen LogP contribution in [0.1, 0.15) is 48.5 Å². The van der Waals surface area contributed by atoms with Gasteiger partial charge in [-0.3, -0.25) is 20.4 Å². The van der Waals surface area contributed by atoms with E-state index in [0.717, 1.165) is 0 Å². The molecule has 1 aliphatic carbocycles. The number of esters is 2. The molecule has 0 atom stereocenters. The van der Waals surface area contributed by atoms with Crippen molar-refractivity contribution in [3.05, 3.63) is 28.4 Å². The van der Waals surface area contributed by atoms with Crippen molar-refractivity contribution in [2.75, 3.05) is 12.5 Å². The van der Waals surface area contributed by atoms with Gasteiger partial charge in [0.05, 0.1) is 23.7 Å². The third-order valence-electron chi connectivity index (χ3n) is 5.05. The van der Waals surface area contributed by atoms with Gasteiger partial charge in [-0.25, -0.2) is 14.8 Å². The molecule has 0 bridgehead atoms. The number of hydrazine groups is 1. The van der Waals surface area contributed by atoms with Gasteiger partial charge in [-0.15, -0.1) is 0 Å². The average Bonchev–Trinajstić information content (AvgIpc) is 2.71. The number of anilines is 1. The number of nitrogens with zero attached hydrogens (tertiary/aromatic N) is 2. The van der Waals surface area contributed by atoms with Crippen LogP contribution in [-0.4, -0.2) is 41.0 Å². The Morgan fingerprint density at radius 2 is 1.77 bits per heavy atom. The highest BCUT2D eigenvalue weighted by Gasteiger charge is 2.28. The maximum atomic E-state index is 12.5. The number of nitrogens with one attached hydrogen (secondary N) is 2. The molecule has 1 saturated carbocycles. The Hall–Kier alpha value is -2.94. The highest BCUT2D eigenvalue weighted by Crippen LogP contribution is 2.27. The Kier molecular flexibility index (Phi) is 6.71. The molecule has 1 aromatic heterocycles. The van der Waals surface area contributed by atoms with E-state index in [2.05, 4.69) is 20.8 Å². The van der Waals surface area contributed by atoms with Crippen molar-refractivity contribution in [3.63, 3.8) is 0 Å². The van der Waals surface area contributed by atoms with Crippen LogP contribution in [0.2, 0.25) is 5.15 Å². The van der Waals surface area contributed by atoms with Gasteiger partial charge in [0.1, 0.15) is 6.10 Å². The van der Waals surface area contributed by atoms with E-state index in [4.69, 9.17) is 21.1 Å². The van der Waals surface area contributed by atoms with E-state index in [1.54, 1.807) is 19.1 Å². The maximum Gasteiger partial charge on any atom is 0.338 e. The van der Waals surface area contributed by atoms with Crippen LogP contribution >= 0.6 is 11.6 Å². The lowest BCUT2D eigenvalue weighted by atomic mass is 9.87. The summed E-state index contributed by atoms with van der Waals surface area (Å²) in [5, 5.41) is 0.0565. The zero-order chi connectivity index (χ0) is 21.8. The predicted octanol–water partition coefficient (Wildman–Crippen LogP) is 2.94. The number of benzene rings is 1. The van der Waals surface area contributed by atoms with Crippen molar-refractivity contribution in [2.45, 2.75) is 45.6 Å². The van der Waals surface area contributed by atoms with Gasteiger partial charge < -0.3 is 9.47 Å². The molecule has 1 fully saturated rings. The third-order valence-corrected chi connectivity index (χ3v) is 5.32. The van der Waals surface area contributed by atoms with Crippen LogP contribution < -0.4 is 10.9 Å². The molecule has 1 amide bonds. The van der Waals surface area contributed by atoms with Gasteiger partial charge >= 0.3 is 11.9 Å². The molecule has 10 heteroatoms. The lowest BCUT2D eigenvalue weighted by Gasteiger charge is -2.27. The van der Waals surface area contributed by atoms with Gasteiger partial charge in [-0.1, -0.05) is 11.6 Å². The summed E-state index contributed by atoms with van der Waals surface area (Å²) in [4.78, 5) is 44.0. The van der Waals surface area contributed by atoms with E-state index in [1.807, 2.05) is 0 Å². The predicted molar refractivity (Wildman–Crippen MR) is 110 cm³/mol. The number of amides is 1. The SMILES string of the molecule is COC(=O)c1cc2nc(Cl)c(NNC(=O)C3CCC(OC(C)=O)CC3)nc2cc1C. The van der Waals surface area contributed by atoms with Crippen LogP contribution in [-0.2, 0) is 19.1 Å². The number of aromatic nitrogens is 2. The Morgan fingerprint density at radius 3 is 2.40 bits per heavy atom. The van der Waals surface area contributed by atoms with Crippen LogP contribution in [0.15, 0.2) is 12.1 Å². The standard InChI is InChI=1S/C20H23ClN4O5/c1-10-8-15-16(9-14(10)20(28)29-3)22-17(21)18(23-15)24-25-19(27)12-4-6-13(7-5-12)30-11(2)26/h8-9,12-13H,4-7H2,1-3H3,(H,23,24)(H,25,27). The Bertz CT molecular complexity index is 989. The minimum Gasteiger partial charge on any atom is -0.465 e. The molecule has 0 saturated heterocycles. The summed E-state index contributed by atoms with van der Waals surface area (Å²) in [6.07, 6.45) is 2.42. The molecule has 160 valence electrons. The quantitative estimate of drug-likeness (QED) is 0.544. The molecule has 0 aliphatic heterocycles. The van der Waals surface area contributed by atoms with Crippen molar-refractivity contribution in [1.29, 1.82) is 0 Å². The first-order valence-electron chi connectivity index (χ1n) is 9.57. The fourth-order valence-corrected chi connectivity index (χ4v) is 3.68. The highest BCUT2D eigenvalue weighted by atomic mass is 35.5. The number of fused-ring (bicyclic) bond motifs is 1. The van der Waals surface area contributed by atoms with E-state index in [9.17, 15) is 14.4 Å². The Morgan fingerprint density at radius 1 is 1.10 bits per heavy atom. The molecule has 1 aromatic carbocycles. The summed E-state index contributed by atoms with van der Waals surface area (Å²) in [6, 6.07) is 3.27. The molecule has 1 aliphatic rings. The summed E-state index contributed by atoms with van der Waals surface area (Å²) in [5.41, 5.74) is 7.38. The van der Waals surface area contributed by atoms with Gasteiger partial charge in [-0.05, 0) is 50.3 Å². The summed E-state index contributed by atoms with van der Waals surface area (Å²) < 4.78 is 9.96. The van der Waals surface area contributed by atoms with Gasteiger partial charge in [0.15, 0.2) is 11.0 Å². The normalized spacial score (nSPS) is 18.5. The molecule has 2 aromatic rings. The summed E-state index contributed by atoms with van der Waals surface area (Å²) in [7, 11) is 1.31. The molecule has 2 N–H and O–H groups in total. The minimum atomic E-state index is -0.467. The number of carbonyl (C=O) groups is 3. The second-order valence-electron chi connectivity index (χ2n) is 7.21. The summed E-state index contributed by atoms with van der Waals surface area (Å²) in [5.74, 6) is -0.947. The number of methoxy groups -OCH3 is 1. The lowest BCUT2D eigenvalue weighted by molar-refractivity contribution is -0.148. The molecule has 9 nitrogen and oxygen atoms in total. The van der Waals surface area contributed by atoms with Crippen molar-refractivity contribution in [2.24, 2.45) is 5.92 Å². The number of hydrogen-bond donors (Lipinski definition) is 2. The van der Waals surface area contributed by atoms with Gasteiger partial charge in [0, 0.05) is 12.8 Å². The molecule has 30 heavy (non-hydrogen) atoms. The number of hydrogen-bond acceptors (Lipinski definition) is 8. The Balaban J connectivity index is 1.66. The molecular weight excluding hydrogens is 412 g/mol.